The molecule has 0 atom stereocenters. The van der Waals surface area contributed by atoms with Gasteiger partial charge in [0.1, 0.15) is 5.82 Å². The van der Waals surface area contributed by atoms with Crippen LogP contribution in [0.4, 0.5) is 23.2 Å². The largest absolute Gasteiger partial charge is 0.462 e. The molecule has 106 valence electrons. The van der Waals surface area contributed by atoms with E-state index < -0.39 is 24.4 Å². The summed E-state index contributed by atoms with van der Waals surface area (Å²) in [6, 6.07) is 2.17. The summed E-state index contributed by atoms with van der Waals surface area (Å²) in [5, 5.41) is 0. The molecule has 0 unspecified atom stereocenters. The van der Waals surface area contributed by atoms with Gasteiger partial charge in [-0.2, -0.15) is 13.2 Å². The summed E-state index contributed by atoms with van der Waals surface area (Å²) < 4.78 is 53.5. The number of rotatable bonds is 4. The Labute approximate surface area is 107 Å². The van der Waals surface area contributed by atoms with Gasteiger partial charge in [0.25, 0.3) is 0 Å². The molecule has 0 aromatic heterocycles. The molecule has 0 aliphatic carbocycles. The van der Waals surface area contributed by atoms with Crippen LogP contribution in [0.5, 0.6) is 0 Å². The molecule has 0 aliphatic rings. The van der Waals surface area contributed by atoms with Gasteiger partial charge in [0, 0.05) is 17.7 Å². The molecule has 0 spiro atoms. The first kappa shape index (κ1) is 15.3. The Balaban J connectivity index is 2.55. The predicted molar refractivity (Wildman–Crippen MR) is 61.1 cm³/mol. The van der Waals surface area contributed by atoms with Gasteiger partial charge in [-0.3, -0.25) is 0 Å². The summed E-state index contributed by atoms with van der Waals surface area (Å²) in [6.07, 6.45) is -5.66. The molecule has 3 nitrogen and oxygen atoms in total. The predicted octanol–water partition coefficient (Wildman–Crippen LogP) is 3.22. The van der Waals surface area contributed by atoms with Crippen molar-refractivity contribution in [3.05, 3.63) is 29.1 Å². The van der Waals surface area contributed by atoms with E-state index in [4.69, 9.17) is 5.73 Å². The third-order valence-electron chi connectivity index (χ3n) is 2.46. The second kappa shape index (κ2) is 5.90. The summed E-state index contributed by atoms with van der Waals surface area (Å²) in [5.74, 6) is -1.56. The minimum absolute atomic E-state index is 0.0854. The van der Waals surface area contributed by atoms with Crippen molar-refractivity contribution in [1.29, 1.82) is 0 Å². The quantitative estimate of drug-likeness (QED) is 0.398. The molecule has 2 N–H and O–H groups in total. The molecular weight excluding hydrogens is 266 g/mol. The minimum atomic E-state index is -4.28. The first-order chi connectivity index (χ1) is 8.70. The smallest absolute Gasteiger partial charge is 0.389 e. The van der Waals surface area contributed by atoms with E-state index in [1.165, 1.54) is 13.0 Å². The number of anilines is 1. The number of ether oxygens (including phenoxy) is 1. The van der Waals surface area contributed by atoms with Crippen LogP contribution in [-0.4, -0.2) is 18.8 Å². The zero-order valence-corrected chi connectivity index (χ0v) is 10.2. The monoisotopic (exact) mass is 279 g/mol. The van der Waals surface area contributed by atoms with Crippen molar-refractivity contribution in [3.63, 3.8) is 0 Å². The van der Waals surface area contributed by atoms with Gasteiger partial charge in [0.2, 0.25) is 0 Å². The molecule has 1 rings (SSSR count). The molecule has 1 aromatic rings. The van der Waals surface area contributed by atoms with Gasteiger partial charge in [0.15, 0.2) is 0 Å². The molecule has 0 saturated carbocycles. The molecule has 0 saturated heterocycles. The Kier molecular flexibility index (Phi) is 4.74. The molecular formula is C12H13F4NO2. The summed E-state index contributed by atoms with van der Waals surface area (Å²) in [6.45, 7) is 1.07. The Bertz CT molecular complexity index is 448. The fraction of sp³-hybridized carbons (Fsp3) is 0.417. The highest BCUT2D eigenvalue weighted by molar-refractivity contribution is 5.90. The van der Waals surface area contributed by atoms with Crippen molar-refractivity contribution < 1.29 is 27.1 Å². The van der Waals surface area contributed by atoms with Crippen LogP contribution in [0.3, 0.4) is 0 Å². The second-order valence-electron chi connectivity index (χ2n) is 4.03. The van der Waals surface area contributed by atoms with Gasteiger partial charge in [0.05, 0.1) is 12.2 Å². The lowest BCUT2D eigenvalue weighted by Crippen LogP contribution is -2.12. The first-order valence-corrected chi connectivity index (χ1v) is 5.50. The zero-order chi connectivity index (χ0) is 14.6. The molecule has 0 heterocycles. The maximum Gasteiger partial charge on any atom is 0.389 e. The van der Waals surface area contributed by atoms with Gasteiger partial charge in [-0.1, -0.05) is 0 Å². The zero-order valence-electron chi connectivity index (χ0n) is 10.2. The van der Waals surface area contributed by atoms with Gasteiger partial charge in [-0.05, 0) is 25.5 Å². The van der Waals surface area contributed by atoms with Crippen LogP contribution in [0.15, 0.2) is 12.1 Å². The van der Waals surface area contributed by atoms with Gasteiger partial charge in [-0.15, -0.1) is 0 Å². The highest BCUT2D eigenvalue weighted by Crippen LogP contribution is 2.21. The third-order valence-corrected chi connectivity index (χ3v) is 2.46. The van der Waals surface area contributed by atoms with E-state index in [-0.39, 0.29) is 29.8 Å². The number of carbonyl (C=O) groups excluding carboxylic acids is 1. The topological polar surface area (TPSA) is 52.3 Å². The normalized spacial score (nSPS) is 11.4. The molecule has 1 aromatic carbocycles. The van der Waals surface area contributed by atoms with Crippen LogP contribution < -0.4 is 5.73 Å². The SMILES string of the molecule is Cc1c(N)cc(C(=O)OCCCC(F)(F)F)cc1F. The molecule has 7 heteroatoms. The standard InChI is InChI=1S/C12H13F4NO2/c1-7-9(13)5-8(6-10(7)17)11(18)19-4-2-3-12(14,15)16/h5-6H,2-4,17H2,1H3. The van der Waals surface area contributed by atoms with E-state index in [0.29, 0.717) is 0 Å². The molecule has 19 heavy (non-hydrogen) atoms. The van der Waals surface area contributed by atoms with Crippen LogP contribution in [0, 0.1) is 12.7 Å². The molecule has 0 radical (unpaired) electrons. The average Bonchev–Trinajstić information content (AvgIpc) is 2.29. The number of nitrogens with two attached hydrogens (primary N) is 1. The van der Waals surface area contributed by atoms with Gasteiger partial charge >= 0.3 is 12.1 Å². The number of benzene rings is 1. The van der Waals surface area contributed by atoms with Crippen LogP contribution >= 0.6 is 0 Å². The van der Waals surface area contributed by atoms with Crippen molar-refractivity contribution >= 4 is 11.7 Å². The average molecular weight is 279 g/mol. The van der Waals surface area contributed by atoms with Crippen molar-refractivity contribution in [1.82, 2.24) is 0 Å². The van der Waals surface area contributed by atoms with Crippen molar-refractivity contribution in [2.45, 2.75) is 25.9 Å². The van der Waals surface area contributed by atoms with E-state index >= 15 is 0 Å². The number of hydrogen-bond donors (Lipinski definition) is 1. The van der Waals surface area contributed by atoms with E-state index in [2.05, 4.69) is 4.74 Å². The maximum atomic E-state index is 13.3. The number of carbonyl (C=O) groups is 1. The van der Waals surface area contributed by atoms with Gasteiger partial charge in [-0.25, -0.2) is 9.18 Å². The fourth-order valence-electron chi connectivity index (χ4n) is 1.34. The summed E-state index contributed by atoms with van der Waals surface area (Å²) >= 11 is 0. The van der Waals surface area contributed by atoms with Crippen LogP contribution in [0.1, 0.15) is 28.8 Å². The number of alkyl halides is 3. The lowest BCUT2D eigenvalue weighted by atomic mass is 10.1. The Morgan fingerprint density at radius 3 is 2.53 bits per heavy atom. The Morgan fingerprint density at radius 2 is 2.00 bits per heavy atom. The summed E-state index contributed by atoms with van der Waals surface area (Å²) in [4.78, 5) is 11.5. The highest BCUT2D eigenvalue weighted by atomic mass is 19.4. The summed E-state index contributed by atoms with van der Waals surface area (Å²) in [7, 11) is 0. The Hall–Kier alpha value is -1.79. The van der Waals surface area contributed by atoms with Crippen molar-refractivity contribution in [2.24, 2.45) is 0 Å². The number of esters is 1. The van der Waals surface area contributed by atoms with E-state index in [1.54, 1.807) is 0 Å². The Morgan fingerprint density at radius 1 is 1.37 bits per heavy atom. The maximum absolute atomic E-state index is 13.3. The van der Waals surface area contributed by atoms with E-state index in [0.717, 1.165) is 6.07 Å². The molecule has 0 amide bonds. The van der Waals surface area contributed by atoms with E-state index in [9.17, 15) is 22.4 Å². The number of halogens is 4. The van der Waals surface area contributed by atoms with E-state index in [1.807, 2.05) is 0 Å². The molecule has 0 bridgehead atoms. The van der Waals surface area contributed by atoms with Crippen molar-refractivity contribution in [3.8, 4) is 0 Å². The fourth-order valence-corrected chi connectivity index (χ4v) is 1.34. The van der Waals surface area contributed by atoms with Crippen molar-refractivity contribution in [2.75, 3.05) is 12.3 Å². The van der Waals surface area contributed by atoms with Crippen LogP contribution in [0.2, 0.25) is 0 Å². The lowest BCUT2D eigenvalue weighted by molar-refractivity contribution is -0.137. The van der Waals surface area contributed by atoms with Crippen LogP contribution in [0.25, 0.3) is 0 Å². The number of hydrogen-bond acceptors (Lipinski definition) is 3. The van der Waals surface area contributed by atoms with Gasteiger partial charge < -0.3 is 10.5 Å². The number of nitrogen functional groups attached to an aromatic ring is 1. The van der Waals surface area contributed by atoms with Crippen LogP contribution in [-0.2, 0) is 4.74 Å². The second-order valence-corrected chi connectivity index (χ2v) is 4.03. The molecule has 0 aliphatic heterocycles. The highest BCUT2D eigenvalue weighted by Gasteiger charge is 2.26. The third kappa shape index (κ3) is 4.76. The molecule has 0 fully saturated rings. The first-order valence-electron chi connectivity index (χ1n) is 5.50. The lowest BCUT2D eigenvalue weighted by Gasteiger charge is -2.08. The minimum Gasteiger partial charge on any atom is -0.462 e. The summed E-state index contributed by atoms with van der Waals surface area (Å²) in [5.41, 5.74) is 5.64.